The Kier molecular flexibility index (Phi) is 3.09. The fourth-order valence-corrected chi connectivity index (χ4v) is 1.39. The summed E-state index contributed by atoms with van der Waals surface area (Å²) in [6, 6.07) is 2.80. The lowest BCUT2D eigenvalue weighted by atomic mass is 10.2. The molecule has 2 rings (SSSR count). The summed E-state index contributed by atoms with van der Waals surface area (Å²) in [5, 5.41) is 0. The minimum absolute atomic E-state index is 0.196. The van der Waals surface area contributed by atoms with Crippen molar-refractivity contribution in [3.63, 3.8) is 0 Å². The molecule has 0 bridgehead atoms. The van der Waals surface area contributed by atoms with Gasteiger partial charge in [-0.3, -0.25) is 14.5 Å². The lowest BCUT2D eigenvalue weighted by Crippen LogP contribution is -2.29. The highest BCUT2D eigenvalue weighted by Crippen LogP contribution is 2.05. The molecule has 1 aromatic heterocycles. The van der Waals surface area contributed by atoms with Crippen LogP contribution in [0.5, 0.6) is 0 Å². The molecule has 0 saturated heterocycles. The third-order valence-electron chi connectivity index (χ3n) is 2.25. The highest BCUT2D eigenvalue weighted by molar-refractivity contribution is 6.13. The smallest absolute Gasteiger partial charge is 0.253 e. The number of imide groups is 1. The van der Waals surface area contributed by atoms with Crippen molar-refractivity contribution >= 4 is 17.9 Å². The van der Waals surface area contributed by atoms with E-state index in [1.165, 1.54) is 24.4 Å². The maximum Gasteiger partial charge on any atom is 0.253 e. The van der Waals surface area contributed by atoms with Crippen LogP contribution >= 0.6 is 0 Å². The molecule has 0 unspecified atom stereocenters. The van der Waals surface area contributed by atoms with Crippen LogP contribution in [0.4, 0.5) is 4.39 Å². The zero-order chi connectivity index (χ0) is 12.3. The fourth-order valence-electron chi connectivity index (χ4n) is 1.39. The van der Waals surface area contributed by atoms with Crippen molar-refractivity contribution in [2.24, 2.45) is 0 Å². The molecule has 0 N–H and O–H groups in total. The van der Waals surface area contributed by atoms with Crippen LogP contribution in [-0.4, -0.2) is 28.2 Å². The number of aromatic nitrogens is 1. The van der Waals surface area contributed by atoms with E-state index >= 15 is 0 Å². The van der Waals surface area contributed by atoms with Gasteiger partial charge in [0.2, 0.25) is 5.95 Å². The van der Waals surface area contributed by atoms with Gasteiger partial charge in [-0.05, 0) is 17.7 Å². The molecule has 2 heterocycles. The van der Waals surface area contributed by atoms with Crippen molar-refractivity contribution in [1.82, 2.24) is 9.88 Å². The van der Waals surface area contributed by atoms with Gasteiger partial charge in [-0.15, -0.1) is 0 Å². The van der Waals surface area contributed by atoms with Gasteiger partial charge in [0.15, 0.2) is 0 Å². The van der Waals surface area contributed by atoms with Crippen LogP contribution in [0.1, 0.15) is 5.56 Å². The van der Waals surface area contributed by atoms with E-state index in [4.69, 9.17) is 0 Å². The maximum absolute atomic E-state index is 12.5. The molecule has 1 aliphatic rings. The Morgan fingerprint density at radius 1 is 1.24 bits per heavy atom. The van der Waals surface area contributed by atoms with E-state index in [0.29, 0.717) is 5.56 Å². The first-order valence-corrected chi connectivity index (χ1v) is 4.98. The second-order valence-electron chi connectivity index (χ2n) is 3.44. The highest BCUT2D eigenvalue weighted by atomic mass is 18.2. The van der Waals surface area contributed by atoms with Crippen molar-refractivity contribution in [2.75, 3.05) is 6.54 Å². The zero-order valence-electron chi connectivity index (χ0n) is 8.84. The van der Waals surface area contributed by atoms with E-state index in [1.54, 1.807) is 18.2 Å². The van der Waals surface area contributed by atoms with Gasteiger partial charge in [0.25, 0.3) is 11.8 Å². The molecule has 4 nitrogen and oxygen atoms in total. The molecular weight excluding hydrogens is 222 g/mol. The SMILES string of the molecule is O=C1C=CC(=O)N1C/C=C/c1ccc([18F])nc1. The third-order valence-corrected chi connectivity index (χ3v) is 2.25. The van der Waals surface area contributed by atoms with Crippen molar-refractivity contribution < 1.29 is 14.0 Å². The Morgan fingerprint density at radius 3 is 2.53 bits per heavy atom. The summed E-state index contributed by atoms with van der Waals surface area (Å²) < 4.78 is 12.5. The van der Waals surface area contributed by atoms with Gasteiger partial charge in [-0.1, -0.05) is 12.2 Å². The van der Waals surface area contributed by atoms with Crippen molar-refractivity contribution in [3.05, 3.63) is 48.1 Å². The van der Waals surface area contributed by atoms with Crippen LogP contribution in [0, 0.1) is 5.95 Å². The number of nitrogens with zero attached hydrogens (tertiary/aromatic N) is 2. The van der Waals surface area contributed by atoms with E-state index in [0.717, 1.165) is 4.90 Å². The molecule has 86 valence electrons. The van der Waals surface area contributed by atoms with Gasteiger partial charge in [-0.2, -0.15) is 4.39 Å². The van der Waals surface area contributed by atoms with Crippen LogP contribution in [0.2, 0.25) is 0 Å². The van der Waals surface area contributed by atoms with Crippen molar-refractivity contribution in [3.8, 4) is 0 Å². The second kappa shape index (κ2) is 4.69. The fraction of sp³-hybridized carbons (Fsp3) is 0.0833. The predicted molar refractivity (Wildman–Crippen MR) is 59.1 cm³/mol. The summed E-state index contributed by atoms with van der Waals surface area (Å²) in [6.07, 6.45) is 7.16. The molecule has 0 aromatic carbocycles. The summed E-state index contributed by atoms with van der Waals surface area (Å²) in [5.74, 6) is -1.19. The quantitative estimate of drug-likeness (QED) is 0.579. The van der Waals surface area contributed by atoms with E-state index in [9.17, 15) is 14.0 Å². The normalized spacial score (nSPS) is 15.2. The minimum atomic E-state index is -0.545. The number of hydrogen-bond acceptors (Lipinski definition) is 3. The standard InChI is InChI=1S/C12H9FN2O2/c13-10-4-3-9(8-14-10)2-1-7-15-11(16)5-6-12(15)17/h1-6,8H,7H2/b2-1+/i13-1. The van der Waals surface area contributed by atoms with Gasteiger partial charge < -0.3 is 0 Å². The minimum Gasteiger partial charge on any atom is -0.272 e. The zero-order valence-corrected chi connectivity index (χ0v) is 8.84. The monoisotopic (exact) mass is 231 g/mol. The molecule has 2 amide bonds. The lowest BCUT2D eigenvalue weighted by Gasteiger charge is -2.09. The molecule has 0 fully saturated rings. The van der Waals surface area contributed by atoms with Gasteiger partial charge in [0.1, 0.15) is 0 Å². The third kappa shape index (κ3) is 2.63. The van der Waals surface area contributed by atoms with Crippen LogP contribution < -0.4 is 0 Å². The first-order valence-electron chi connectivity index (χ1n) is 4.98. The van der Waals surface area contributed by atoms with Crippen molar-refractivity contribution in [2.45, 2.75) is 0 Å². The van der Waals surface area contributed by atoms with E-state index in [1.807, 2.05) is 0 Å². The van der Waals surface area contributed by atoms with Crippen LogP contribution in [0.3, 0.4) is 0 Å². The highest BCUT2D eigenvalue weighted by Gasteiger charge is 2.21. The Balaban J connectivity index is 1.96. The molecule has 0 radical (unpaired) electrons. The van der Waals surface area contributed by atoms with Crippen LogP contribution in [-0.2, 0) is 9.59 Å². The summed E-state index contributed by atoms with van der Waals surface area (Å²) >= 11 is 0. The number of pyridine rings is 1. The Labute approximate surface area is 97.1 Å². The number of carbonyl (C=O) groups excluding carboxylic acids is 2. The first-order chi connectivity index (χ1) is 8.16. The average Bonchev–Trinajstić information content (AvgIpc) is 2.63. The summed E-state index contributed by atoms with van der Waals surface area (Å²) in [7, 11) is 0. The Morgan fingerprint density at radius 2 is 1.94 bits per heavy atom. The topological polar surface area (TPSA) is 50.3 Å². The van der Waals surface area contributed by atoms with Gasteiger partial charge in [0, 0.05) is 24.9 Å². The van der Waals surface area contributed by atoms with E-state index in [-0.39, 0.29) is 18.4 Å². The molecule has 1 aliphatic heterocycles. The average molecular weight is 231 g/mol. The van der Waals surface area contributed by atoms with Crippen molar-refractivity contribution in [1.29, 1.82) is 0 Å². The molecule has 0 atom stereocenters. The molecule has 0 spiro atoms. The Bertz CT molecular complexity index is 488. The molecule has 1 aromatic rings. The molecule has 5 heteroatoms. The number of rotatable bonds is 3. The molecule has 0 aliphatic carbocycles. The largest absolute Gasteiger partial charge is 0.272 e. The molecular formula is C12H9FN2O2. The molecule has 0 saturated carbocycles. The van der Waals surface area contributed by atoms with Crippen LogP contribution in [0.25, 0.3) is 6.08 Å². The Hall–Kier alpha value is -2.30. The van der Waals surface area contributed by atoms with E-state index in [2.05, 4.69) is 4.98 Å². The number of hydrogen-bond donors (Lipinski definition) is 0. The van der Waals surface area contributed by atoms with Gasteiger partial charge >= 0.3 is 0 Å². The summed E-state index contributed by atoms with van der Waals surface area (Å²) in [6.45, 7) is 0.196. The van der Waals surface area contributed by atoms with Crippen LogP contribution in [0.15, 0.2) is 36.6 Å². The lowest BCUT2D eigenvalue weighted by molar-refractivity contribution is -0.136. The maximum atomic E-state index is 12.5. The summed E-state index contributed by atoms with van der Waals surface area (Å²) in [4.78, 5) is 27.0. The molecule has 17 heavy (non-hydrogen) atoms. The number of carbonyl (C=O) groups is 2. The first kappa shape index (κ1) is 11.2. The number of amides is 2. The van der Waals surface area contributed by atoms with E-state index < -0.39 is 5.95 Å². The van der Waals surface area contributed by atoms with Gasteiger partial charge in [-0.25, -0.2) is 4.98 Å². The predicted octanol–water partition coefficient (Wildman–Crippen LogP) is 1.16. The number of halogens is 1. The van der Waals surface area contributed by atoms with Gasteiger partial charge in [0.05, 0.1) is 0 Å². The second-order valence-corrected chi connectivity index (χ2v) is 3.44. The summed E-state index contributed by atoms with van der Waals surface area (Å²) in [5.41, 5.74) is 0.707.